The molecule has 0 radical (unpaired) electrons. The fraction of sp³-hybridized carbons (Fsp3) is 0. The van der Waals surface area contributed by atoms with Crippen LogP contribution >= 0.6 is 22.9 Å². The number of rotatable bonds is 3. The van der Waals surface area contributed by atoms with Gasteiger partial charge in [0.25, 0.3) is 0 Å². The van der Waals surface area contributed by atoms with Gasteiger partial charge in [0, 0.05) is 23.0 Å². The number of pyridine rings is 1. The van der Waals surface area contributed by atoms with Crippen LogP contribution in [-0.2, 0) is 0 Å². The van der Waals surface area contributed by atoms with Crippen molar-refractivity contribution in [2.45, 2.75) is 0 Å². The minimum Gasteiger partial charge on any atom is -0.454 e. The molecule has 2 aromatic heterocycles. The van der Waals surface area contributed by atoms with Crippen molar-refractivity contribution in [2.75, 3.05) is 0 Å². The third kappa shape index (κ3) is 2.32. The Morgan fingerprint density at radius 3 is 3.00 bits per heavy atom. The molecule has 3 aromatic rings. The molecule has 0 aliphatic heterocycles. The van der Waals surface area contributed by atoms with Crippen molar-refractivity contribution >= 4 is 40.1 Å². The Bertz CT molecular complexity index is 754. The molecule has 19 heavy (non-hydrogen) atoms. The average molecular weight is 290 g/mol. The molecule has 3 nitrogen and oxygen atoms in total. The second-order valence-electron chi connectivity index (χ2n) is 3.85. The van der Waals surface area contributed by atoms with Crippen molar-refractivity contribution < 1.29 is 9.53 Å². The van der Waals surface area contributed by atoms with Crippen LogP contribution in [0, 0.1) is 0 Å². The first kappa shape index (κ1) is 12.1. The standard InChI is InChI=1S/C14H8ClNO2S/c15-12-3-4-13(14-11(12)2-1-5-16-14)18-9-6-10(7-17)19-8-9/h1-8H. The van der Waals surface area contributed by atoms with Gasteiger partial charge in [-0.05, 0) is 24.3 Å². The van der Waals surface area contributed by atoms with Crippen molar-refractivity contribution in [1.29, 1.82) is 0 Å². The van der Waals surface area contributed by atoms with Gasteiger partial charge in [-0.25, -0.2) is 0 Å². The van der Waals surface area contributed by atoms with Gasteiger partial charge in [-0.1, -0.05) is 11.6 Å². The molecular formula is C14H8ClNO2S. The van der Waals surface area contributed by atoms with Crippen molar-refractivity contribution in [3.8, 4) is 11.5 Å². The highest BCUT2D eigenvalue weighted by Gasteiger charge is 2.08. The van der Waals surface area contributed by atoms with E-state index in [4.69, 9.17) is 16.3 Å². The van der Waals surface area contributed by atoms with Gasteiger partial charge < -0.3 is 4.74 Å². The van der Waals surface area contributed by atoms with E-state index in [9.17, 15) is 4.79 Å². The van der Waals surface area contributed by atoms with Crippen LogP contribution in [0.3, 0.4) is 0 Å². The van der Waals surface area contributed by atoms with Crippen LogP contribution in [0.4, 0.5) is 0 Å². The lowest BCUT2D eigenvalue weighted by atomic mass is 10.2. The van der Waals surface area contributed by atoms with E-state index < -0.39 is 0 Å². The number of hydrogen-bond donors (Lipinski definition) is 0. The number of fused-ring (bicyclic) bond motifs is 1. The predicted octanol–water partition coefficient (Wildman–Crippen LogP) is 4.55. The van der Waals surface area contributed by atoms with E-state index in [1.807, 2.05) is 12.1 Å². The van der Waals surface area contributed by atoms with Gasteiger partial charge in [-0.2, -0.15) is 0 Å². The summed E-state index contributed by atoms with van der Waals surface area (Å²) in [5, 5.41) is 3.26. The first-order valence-corrected chi connectivity index (χ1v) is 6.78. The SMILES string of the molecule is O=Cc1cc(Oc2ccc(Cl)c3cccnc23)cs1. The maximum Gasteiger partial charge on any atom is 0.160 e. The van der Waals surface area contributed by atoms with Gasteiger partial charge in [-0.15, -0.1) is 11.3 Å². The first-order chi connectivity index (χ1) is 9.28. The number of ether oxygens (including phenoxy) is 1. The van der Waals surface area contributed by atoms with Gasteiger partial charge in [0.15, 0.2) is 12.0 Å². The maximum atomic E-state index is 10.7. The highest BCUT2D eigenvalue weighted by molar-refractivity contribution is 7.11. The summed E-state index contributed by atoms with van der Waals surface area (Å²) in [6.45, 7) is 0. The fourth-order valence-electron chi connectivity index (χ4n) is 1.77. The van der Waals surface area contributed by atoms with E-state index in [1.54, 1.807) is 29.8 Å². The number of aromatic nitrogens is 1. The molecule has 0 aliphatic carbocycles. The topological polar surface area (TPSA) is 39.2 Å². The zero-order valence-corrected chi connectivity index (χ0v) is 11.2. The molecule has 0 aliphatic rings. The normalized spacial score (nSPS) is 10.6. The van der Waals surface area contributed by atoms with Crippen LogP contribution in [-0.4, -0.2) is 11.3 Å². The van der Waals surface area contributed by atoms with Gasteiger partial charge in [0.05, 0.1) is 9.90 Å². The molecular weight excluding hydrogens is 282 g/mol. The Morgan fingerprint density at radius 1 is 1.32 bits per heavy atom. The van der Waals surface area contributed by atoms with Crippen molar-refractivity contribution in [3.05, 3.63) is 51.8 Å². The fourth-order valence-corrected chi connectivity index (χ4v) is 2.59. The van der Waals surface area contributed by atoms with E-state index in [-0.39, 0.29) is 0 Å². The van der Waals surface area contributed by atoms with Gasteiger partial charge >= 0.3 is 0 Å². The molecule has 0 amide bonds. The molecule has 0 spiro atoms. The van der Waals surface area contributed by atoms with Crippen molar-refractivity contribution in [3.63, 3.8) is 0 Å². The molecule has 3 rings (SSSR count). The molecule has 0 bridgehead atoms. The smallest absolute Gasteiger partial charge is 0.160 e. The van der Waals surface area contributed by atoms with E-state index in [2.05, 4.69) is 4.98 Å². The molecule has 1 aromatic carbocycles. The summed E-state index contributed by atoms with van der Waals surface area (Å²) in [7, 11) is 0. The summed E-state index contributed by atoms with van der Waals surface area (Å²) < 4.78 is 5.76. The lowest BCUT2D eigenvalue weighted by Gasteiger charge is -2.07. The zero-order valence-electron chi connectivity index (χ0n) is 9.67. The summed E-state index contributed by atoms with van der Waals surface area (Å²) in [5.41, 5.74) is 0.703. The van der Waals surface area contributed by atoms with Crippen LogP contribution in [0.15, 0.2) is 41.9 Å². The summed E-state index contributed by atoms with van der Waals surface area (Å²) >= 11 is 7.46. The van der Waals surface area contributed by atoms with Gasteiger partial charge in [-0.3, -0.25) is 9.78 Å². The molecule has 0 saturated heterocycles. The van der Waals surface area contributed by atoms with Crippen LogP contribution in [0.25, 0.3) is 10.9 Å². The highest BCUT2D eigenvalue weighted by Crippen LogP contribution is 2.33. The Balaban J connectivity index is 2.05. The van der Waals surface area contributed by atoms with E-state index in [1.165, 1.54) is 11.3 Å². The summed E-state index contributed by atoms with van der Waals surface area (Å²) in [5.74, 6) is 1.25. The van der Waals surface area contributed by atoms with Crippen LogP contribution in [0.5, 0.6) is 11.5 Å². The third-order valence-corrected chi connectivity index (χ3v) is 3.79. The lowest BCUT2D eigenvalue weighted by Crippen LogP contribution is -1.87. The number of hydrogen-bond acceptors (Lipinski definition) is 4. The van der Waals surface area contributed by atoms with Gasteiger partial charge in [0.1, 0.15) is 11.3 Å². The minimum atomic E-state index is 0.621. The molecule has 0 atom stereocenters. The Morgan fingerprint density at radius 2 is 2.21 bits per heavy atom. The summed E-state index contributed by atoms with van der Waals surface area (Å²) in [4.78, 5) is 15.6. The molecule has 2 heterocycles. The average Bonchev–Trinajstić information content (AvgIpc) is 2.90. The summed E-state index contributed by atoms with van der Waals surface area (Å²) in [6, 6.07) is 8.96. The Labute approximate surface area is 118 Å². The van der Waals surface area contributed by atoms with Gasteiger partial charge in [0.2, 0.25) is 0 Å². The Hall–Kier alpha value is -1.91. The number of aldehydes is 1. The number of nitrogens with zero attached hydrogens (tertiary/aromatic N) is 1. The molecule has 0 unspecified atom stereocenters. The minimum absolute atomic E-state index is 0.621. The van der Waals surface area contributed by atoms with Crippen LogP contribution in [0.2, 0.25) is 5.02 Å². The number of halogens is 1. The van der Waals surface area contributed by atoms with Crippen LogP contribution < -0.4 is 4.74 Å². The molecule has 5 heteroatoms. The van der Waals surface area contributed by atoms with E-state index in [0.717, 1.165) is 11.7 Å². The molecule has 0 N–H and O–H groups in total. The molecule has 94 valence electrons. The number of carbonyl (C=O) groups excluding carboxylic acids is 1. The summed E-state index contributed by atoms with van der Waals surface area (Å²) in [6.07, 6.45) is 2.49. The van der Waals surface area contributed by atoms with Crippen molar-refractivity contribution in [1.82, 2.24) is 4.98 Å². The quantitative estimate of drug-likeness (QED) is 0.664. The second kappa shape index (κ2) is 4.99. The first-order valence-electron chi connectivity index (χ1n) is 5.53. The van der Waals surface area contributed by atoms with Crippen LogP contribution in [0.1, 0.15) is 9.67 Å². The lowest BCUT2D eigenvalue weighted by molar-refractivity contribution is 0.112. The number of carbonyl (C=O) groups is 1. The molecule has 0 saturated carbocycles. The van der Waals surface area contributed by atoms with E-state index in [0.29, 0.717) is 26.9 Å². The molecule has 0 fully saturated rings. The zero-order chi connectivity index (χ0) is 13.2. The third-order valence-electron chi connectivity index (χ3n) is 2.62. The highest BCUT2D eigenvalue weighted by atomic mass is 35.5. The second-order valence-corrected chi connectivity index (χ2v) is 5.20. The maximum absolute atomic E-state index is 10.7. The van der Waals surface area contributed by atoms with Crippen molar-refractivity contribution in [2.24, 2.45) is 0 Å². The number of benzene rings is 1. The Kier molecular flexibility index (Phi) is 3.19. The number of thiophene rings is 1. The predicted molar refractivity (Wildman–Crippen MR) is 76.5 cm³/mol. The largest absolute Gasteiger partial charge is 0.454 e. The van der Waals surface area contributed by atoms with E-state index >= 15 is 0 Å². The monoisotopic (exact) mass is 289 g/mol.